The van der Waals surface area contributed by atoms with Gasteiger partial charge >= 0.3 is 16.5 Å². The van der Waals surface area contributed by atoms with E-state index in [1.54, 1.807) is 0 Å². The van der Waals surface area contributed by atoms with E-state index in [2.05, 4.69) is 11.5 Å². The van der Waals surface area contributed by atoms with Crippen LogP contribution in [0.25, 0.3) is 0 Å². The van der Waals surface area contributed by atoms with E-state index in [-0.39, 0.29) is 0 Å². The molecular weight excluding hydrogens is 258 g/mol. The third-order valence-corrected chi connectivity index (χ3v) is 1.25. The maximum atomic E-state index is 8.59. The summed E-state index contributed by atoms with van der Waals surface area (Å²) in [6.07, 6.45) is 5.28. The molecule has 16 heavy (non-hydrogen) atoms. The molecule has 0 saturated heterocycles. The van der Waals surface area contributed by atoms with Gasteiger partial charge in [0.05, 0.1) is 13.1 Å². The first-order valence-electron chi connectivity index (χ1n) is 4.63. The maximum Gasteiger partial charge on any atom is 0.485 e. The molecule has 0 aliphatic carbocycles. The topological polar surface area (TPSA) is 176 Å². The minimum atomic E-state index is -3.12. The number of rotatable bonds is 5. The first-order chi connectivity index (χ1) is 7.38. The minimum absolute atomic E-state index is 1.09. The molecular formula is C6H20N2O6P2+2. The molecule has 8 N–H and O–H groups in total. The molecule has 0 aromatic carbocycles. The van der Waals surface area contributed by atoms with Gasteiger partial charge in [0.1, 0.15) is 0 Å². The van der Waals surface area contributed by atoms with Gasteiger partial charge in [0.2, 0.25) is 0 Å². The molecule has 0 amide bonds. The molecule has 0 aliphatic heterocycles. The molecule has 0 spiro atoms. The van der Waals surface area contributed by atoms with Gasteiger partial charge in [-0.25, -0.2) is 0 Å². The molecule has 0 aromatic rings. The lowest BCUT2D eigenvalue weighted by Gasteiger charge is -1.91. The third-order valence-electron chi connectivity index (χ3n) is 1.25. The fraction of sp³-hybridized carbons (Fsp3) is 1.00. The first kappa shape index (κ1) is 21.3. The molecule has 2 atom stereocenters. The number of hydrogen-bond acceptors (Lipinski definition) is 4. The summed E-state index contributed by atoms with van der Waals surface area (Å²) in [7, 11) is -6.24. The Labute approximate surface area is 96.2 Å². The van der Waals surface area contributed by atoms with E-state index in [0.29, 0.717) is 0 Å². The van der Waals surface area contributed by atoms with Gasteiger partial charge in [-0.1, -0.05) is 0 Å². The summed E-state index contributed by atoms with van der Waals surface area (Å²) in [4.78, 5) is 31.2. The van der Waals surface area contributed by atoms with Crippen molar-refractivity contribution in [2.24, 2.45) is 0 Å². The van der Waals surface area contributed by atoms with Crippen molar-refractivity contribution in [3.05, 3.63) is 0 Å². The van der Waals surface area contributed by atoms with Crippen LogP contribution < -0.4 is 21.3 Å². The molecule has 0 aliphatic rings. The summed E-state index contributed by atoms with van der Waals surface area (Å²) in [6, 6.07) is 0. The molecule has 0 fully saturated rings. The highest BCUT2D eigenvalue weighted by atomic mass is 31.1. The normalized spacial score (nSPS) is 10.4. The largest absolute Gasteiger partial charge is 0.567 e. The fourth-order valence-corrected chi connectivity index (χ4v) is 0.707. The second-order valence-electron chi connectivity index (χ2n) is 2.60. The Kier molecular flexibility index (Phi) is 27.1. The van der Waals surface area contributed by atoms with E-state index in [1.807, 2.05) is 0 Å². The monoisotopic (exact) mass is 278 g/mol. The van der Waals surface area contributed by atoms with Crippen LogP contribution in [0.15, 0.2) is 0 Å². The van der Waals surface area contributed by atoms with Crippen LogP contribution in [0, 0.1) is 0 Å². The van der Waals surface area contributed by atoms with Crippen LogP contribution >= 0.6 is 16.5 Å². The van der Waals surface area contributed by atoms with Gasteiger partial charge in [-0.3, -0.25) is 0 Å². The zero-order chi connectivity index (χ0) is 13.4. The zero-order valence-corrected chi connectivity index (χ0v) is 10.9. The maximum absolute atomic E-state index is 8.59. The Bertz CT molecular complexity index is 145. The highest BCUT2D eigenvalue weighted by Crippen LogP contribution is 1.94. The fourth-order valence-electron chi connectivity index (χ4n) is 0.707. The number of hydrogen-bond donors (Lipinski definition) is 4. The van der Waals surface area contributed by atoms with Crippen molar-refractivity contribution >= 4 is 16.5 Å². The quantitative estimate of drug-likeness (QED) is 0.308. The Morgan fingerprint density at radius 2 is 1.00 bits per heavy atom. The standard InChI is InChI=1S/C6H16N2.2HO3P/c7-5-3-1-2-4-6-8;2*1-4(2)3/h1-8H2;2*(H,1,2,3)/p+2. The minimum Gasteiger partial charge on any atom is -0.567 e. The van der Waals surface area contributed by atoms with E-state index >= 15 is 0 Å². The van der Waals surface area contributed by atoms with Crippen LogP contribution in [0.5, 0.6) is 0 Å². The molecule has 2 unspecified atom stereocenters. The van der Waals surface area contributed by atoms with Crippen LogP contribution in [0.1, 0.15) is 25.7 Å². The SMILES string of the molecule is O=[P+]([O-])O.O=[P+]([O-])O.[NH3+]CCCCCC[NH3+]. The molecule has 0 heterocycles. The molecule has 0 saturated carbocycles. The van der Waals surface area contributed by atoms with Crippen molar-refractivity contribution in [1.29, 1.82) is 0 Å². The van der Waals surface area contributed by atoms with Gasteiger partial charge in [-0.05, 0) is 34.8 Å². The second-order valence-corrected chi connectivity index (χ2v) is 3.55. The van der Waals surface area contributed by atoms with Crippen molar-refractivity contribution < 1.29 is 40.2 Å². The van der Waals surface area contributed by atoms with Crippen molar-refractivity contribution in [2.75, 3.05) is 13.1 Å². The molecule has 0 rings (SSSR count). The predicted molar refractivity (Wildman–Crippen MR) is 53.6 cm³/mol. The van der Waals surface area contributed by atoms with Crippen LogP contribution in [0.4, 0.5) is 0 Å². The van der Waals surface area contributed by atoms with Crippen LogP contribution in [-0.4, -0.2) is 22.9 Å². The average molecular weight is 278 g/mol. The Morgan fingerprint density at radius 3 is 1.12 bits per heavy atom. The lowest BCUT2D eigenvalue weighted by atomic mass is 10.2. The third kappa shape index (κ3) is 95.3. The first-order valence-corrected chi connectivity index (χ1v) is 6.89. The van der Waals surface area contributed by atoms with Crippen LogP contribution in [-0.2, 0) is 9.13 Å². The van der Waals surface area contributed by atoms with Gasteiger partial charge in [-0.15, -0.1) is 0 Å². The van der Waals surface area contributed by atoms with Crippen LogP contribution in [0.3, 0.4) is 0 Å². The van der Waals surface area contributed by atoms with Gasteiger partial charge in [0, 0.05) is 0 Å². The Hall–Kier alpha value is -0.0400. The van der Waals surface area contributed by atoms with E-state index in [4.69, 9.17) is 28.7 Å². The van der Waals surface area contributed by atoms with Crippen molar-refractivity contribution in [1.82, 2.24) is 0 Å². The Morgan fingerprint density at radius 1 is 0.812 bits per heavy atom. The molecule has 98 valence electrons. The Balaban J connectivity index is -0.000000179. The summed E-state index contributed by atoms with van der Waals surface area (Å²) in [5, 5.41) is 0. The average Bonchev–Trinajstić information content (AvgIpc) is 2.11. The lowest BCUT2D eigenvalue weighted by molar-refractivity contribution is -0.371. The van der Waals surface area contributed by atoms with Gasteiger partial charge in [0.15, 0.2) is 0 Å². The number of quaternary nitrogens is 2. The van der Waals surface area contributed by atoms with Crippen molar-refractivity contribution in [2.45, 2.75) is 25.7 Å². The summed E-state index contributed by atoms with van der Waals surface area (Å²) >= 11 is 0. The van der Waals surface area contributed by atoms with E-state index < -0.39 is 16.5 Å². The van der Waals surface area contributed by atoms with Gasteiger partial charge < -0.3 is 21.3 Å². The van der Waals surface area contributed by atoms with Crippen LogP contribution in [0.2, 0.25) is 0 Å². The van der Waals surface area contributed by atoms with E-state index in [9.17, 15) is 0 Å². The smallest absolute Gasteiger partial charge is 0.485 e. The second kappa shape index (κ2) is 20.4. The summed E-state index contributed by atoms with van der Waals surface area (Å²) < 4.78 is 17.2. The van der Waals surface area contributed by atoms with E-state index in [0.717, 1.165) is 13.1 Å². The molecule has 10 heteroatoms. The number of unbranched alkanes of at least 4 members (excludes halogenated alkanes) is 3. The van der Waals surface area contributed by atoms with Crippen molar-refractivity contribution in [3.63, 3.8) is 0 Å². The molecule has 0 radical (unpaired) electrons. The molecule has 8 nitrogen and oxygen atoms in total. The molecule has 0 aromatic heterocycles. The van der Waals surface area contributed by atoms with Gasteiger partial charge in [-0.2, -0.15) is 9.79 Å². The summed E-state index contributed by atoms with van der Waals surface area (Å²) in [5.74, 6) is 0. The van der Waals surface area contributed by atoms with Gasteiger partial charge in [0.25, 0.3) is 0 Å². The highest BCUT2D eigenvalue weighted by Gasteiger charge is 1.86. The summed E-state index contributed by atoms with van der Waals surface area (Å²) in [5.41, 5.74) is 7.54. The summed E-state index contributed by atoms with van der Waals surface area (Å²) in [6.45, 7) is 2.19. The highest BCUT2D eigenvalue weighted by molar-refractivity contribution is 7.29. The van der Waals surface area contributed by atoms with E-state index in [1.165, 1.54) is 25.7 Å². The zero-order valence-electron chi connectivity index (χ0n) is 9.08. The lowest BCUT2D eigenvalue weighted by Crippen LogP contribution is -2.50. The van der Waals surface area contributed by atoms with Crippen molar-refractivity contribution in [3.8, 4) is 0 Å². The molecule has 0 bridgehead atoms. The predicted octanol–water partition coefficient (Wildman–Crippen LogP) is -2.98.